The summed E-state index contributed by atoms with van der Waals surface area (Å²) in [6, 6.07) is 21.5. The number of para-hydroxylation sites is 1. The quantitative estimate of drug-likeness (QED) is 0.474. The predicted octanol–water partition coefficient (Wildman–Crippen LogP) is 6.01. The summed E-state index contributed by atoms with van der Waals surface area (Å²) in [6.45, 7) is 1.98. The summed E-state index contributed by atoms with van der Waals surface area (Å²) in [5.74, 6) is 2.20. The number of rotatable bonds is 4. The molecule has 0 saturated carbocycles. The highest BCUT2D eigenvalue weighted by Crippen LogP contribution is 2.30. The Hall–Kier alpha value is -3.11. The Labute approximate surface area is 162 Å². The maximum Gasteiger partial charge on any atom is 0.162 e. The number of nitrogens with one attached hydrogen (secondary N) is 1. The van der Waals surface area contributed by atoms with E-state index in [1.165, 1.54) is 0 Å². The SMILES string of the molecule is COc1ccc(-c2nc(Nc3cccc(Cl)c3C)c3ccccc3n2)cc1. The van der Waals surface area contributed by atoms with Crippen molar-refractivity contribution in [2.24, 2.45) is 0 Å². The Morgan fingerprint density at radius 1 is 0.889 bits per heavy atom. The lowest BCUT2D eigenvalue weighted by Crippen LogP contribution is -2.00. The fraction of sp³-hybridized carbons (Fsp3) is 0.0909. The lowest BCUT2D eigenvalue weighted by molar-refractivity contribution is 0.415. The molecule has 0 unspecified atom stereocenters. The van der Waals surface area contributed by atoms with Crippen LogP contribution in [0.5, 0.6) is 5.75 Å². The monoisotopic (exact) mass is 375 g/mol. The van der Waals surface area contributed by atoms with E-state index in [9.17, 15) is 0 Å². The first-order chi connectivity index (χ1) is 13.2. The predicted molar refractivity (Wildman–Crippen MR) is 111 cm³/mol. The van der Waals surface area contributed by atoms with Crippen molar-refractivity contribution in [3.8, 4) is 17.1 Å². The van der Waals surface area contributed by atoms with E-state index in [2.05, 4.69) is 5.32 Å². The van der Waals surface area contributed by atoms with Crippen molar-refractivity contribution in [2.75, 3.05) is 12.4 Å². The summed E-state index contributed by atoms with van der Waals surface area (Å²) in [6.07, 6.45) is 0. The highest BCUT2D eigenvalue weighted by atomic mass is 35.5. The molecule has 4 nitrogen and oxygen atoms in total. The number of methoxy groups -OCH3 is 1. The van der Waals surface area contributed by atoms with Crippen LogP contribution >= 0.6 is 11.6 Å². The third-order valence-electron chi connectivity index (χ3n) is 4.47. The van der Waals surface area contributed by atoms with Gasteiger partial charge in [-0.1, -0.05) is 29.8 Å². The van der Waals surface area contributed by atoms with Gasteiger partial charge in [0, 0.05) is 21.7 Å². The zero-order valence-electron chi connectivity index (χ0n) is 15.0. The number of benzene rings is 3. The zero-order chi connectivity index (χ0) is 18.8. The van der Waals surface area contributed by atoms with Crippen LogP contribution in [-0.4, -0.2) is 17.1 Å². The van der Waals surface area contributed by atoms with Gasteiger partial charge in [0.25, 0.3) is 0 Å². The minimum atomic E-state index is 0.651. The van der Waals surface area contributed by atoms with E-state index in [1.807, 2.05) is 73.7 Å². The normalized spacial score (nSPS) is 10.8. The van der Waals surface area contributed by atoms with Gasteiger partial charge >= 0.3 is 0 Å². The smallest absolute Gasteiger partial charge is 0.162 e. The molecule has 0 bridgehead atoms. The van der Waals surface area contributed by atoms with E-state index in [1.54, 1.807) is 7.11 Å². The molecule has 4 rings (SSSR count). The molecule has 0 aliphatic carbocycles. The van der Waals surface area contributed by atoms with Crippen LogP contribution in [0, 0.1) is 6.92 Å². The fourth-order valence-corrected chi connectivity index (χ4v) is 3.09. The van der Waals surface area contributed by atoms with Crippen molar-refractivity contribution in [2.45, 2.75) is 6.92 Å². The summed E-state index contributed by atoms with van der Waals surface area (Å²) in [7, 11) is 1.65. The molecule has 1 heterocycles. The van der Waals surface area contributed by atoms with E-state index in [4.69, 9.17) is 26.3 Å². The van der Waals surface area contributed by atoms with Crippen molar-refractivity contribution < 1.29 is 4.74 Å². The Morgan fingerprint density at radius 2 is 1.67 bits per heavy atom. The van der Waals surface area contributed by atoms with E-state index in [0.29, 0.717) is 10.8 Å². The standard InChI is InChI=1S/C22H18ClN3O/c1-14-18(23)7-5-9-19(14)24-22-17-6-3-4-8-20(17)25-21(26-22)15-10-12-16(27-2)13-11-15/h3-13H,1-2H3,(H,24,25,26). The number of ether oxygens (including phenoxy) is 1. The average Bonchev–Trinajstić information content (AvgIpc) is 2.71. The van der Waals surface area contributed by atoms with Crippen molar-refractivity contribution in [1.29, 1.82) is 0 Å². The van der Waals surface area contributed by atoms with E-state index < -0.39 is 0 Å². The molecule has 5 heteroatoms. The molecule has 0 atom stereocenters. The Balaban J connectivity index is 1.84. The van der Waals surface area contributed by atoms with Crippen LogP contribution in [0.4, 0.5) is 11.5 Å². The van der Waals surface area contributed by atoms with Gasteiger partial charge in [0.2, 0.25) is 0 Å². The highest BCUT2D eigenvalue weighted by Gasteiger charge is 2.11. The number of fused-ring (bicyclic) bond motifs is 1. The molecule has 0 aliphatic rings. The van der Waals surface area contributed by atoms with Crippen LogP contribution in [-0.2, 0) is 0 Å². The van der Waals surface area contributed by atoms with Crippen LogP contribution in [0.2, 0.25) is 5.02 Å². The van der Waals surface area contributed by atoms with Crippen LogP contribution < -0.4 is 10.1 Å². The first-order valence-corrected chi connectivity index (χ1v) is 8.97. The zero-order valence-corrected chi connectivity index (χ0v) is 15.8. The van der Waals surface area contributed by atoms with Gasteiger partial charge in [0.05, 0.1) is 12.6 Å². The number of hydrogen-bond acceptors (Lipinski definition) is 4. The molecule has 0 fully saturated rings. The molecule has 27 heavy (non-hydrogen) atoms. The number of hydrogen-bond donors (Lipinski definition) is 1. The maximum absolute atomic E-state index is 6.27. The lowest BCUT2D eigenvalue weighted by atomic mass is 10.1. The summed E-state index contributed by atoms with van der Waals surface area (Å²) in [5, 5.41) is 5.10. The number of anilines is 2. The van der Waals surface area contributed by atoms with E-state index >= 15 is 0 Å². The first kappa shape index (κ1) is 17.3. The molecular formula is C22H18ClN3O. The van der Waals surface area contributed by atoms with Crippen molar-refractivity contribution in [3.05, 3.63) is 77.3 Å². The van der Waals surface area contributed by atoms with Gasteiger partial charge in [-0.05, 0) is 61.0 Å². The number of aromatic nitrogens is 2. The van der Waals surface area contributed by atoms with Crippen LogP contribution in [0.3, 0.4) is 0 Å². The first-order valence-electron chi connectivity index (χ1n) is 8.59. The molecule has 3 aromatic carbocycles. The minimum Gasteiger partial charge on any atom is -0.497 e. The molecule has 0 amide bonds. The Kier molecular flexibility index (Phi) is 4.65. The van der Waals surface area contributed by atoms with Crippen molar-refractivity contribution >= 4 is 34.0 Å². The highest BCUT2D eigenvalue weighted by molar-refractivity contribution is 6.31. The molecule has 4 aromatic rings. The lowest BCUT2D eigenvalue weighted by Gasteiger charge is -2.13. The van der Waals surface area contributed by atoms with Gasteiger partial charge in [-0.25, -0.2) is 9.97 Å². The Bertz CT molecular complexity index is 1110. The molecule has 0 saturated heterocycles. The largest absolute Gasteiger partial charge is 0.497 e. The van der Waals surface area contributed by atoms with Crippen molar-refractivity contribution in [3.63, 3.8) is 0 Å². The van der Waals surface area contributed by atoms with Crippen LogP contribution in [0.15, 0.2) is 66.7 Å². The Morgan fingerprint density at radius 3 is 2.44 bits per heavy atom. The molecule has 134 valence electrons. The van der Waals surface area contributed by atoms with Crippen LogP contribution in [0.25, 0.3) is 22.3 Å². The summed E-state index contributed by atoms with van der Waals surface area (Å²) < 4.78 is 5.24. The molecular weight excluding hydrogens is 358 g/mol. The molecule has 1 aromatic heterocycles. The van der Waals surface area contributed by atoms with Gasteiger partial charge in [-0.3, -0.25) is 0 Å². The summed E-state index contributed by atoms with van der Waals surface area (Å²) in [4.78, 5) is 9.51. The molecule has 0 radical (unpaired) electrons. The topological polar surface area (TPSA) is 47.0 Å². The van der Waals surface area contributed by atoms with Gasteiger partial charge in [-0.15, -0.1) is 0 Å². The minimum absolute atomic E-state index is 0.651. The fourth-order valence-electron chi connectivity index (χ4n) is 2.91. The van der Waals surface area contributed by atoms with Crippen LogP contribution in [0.1, 0.15) is 5.56 Å². The summed E-state index contributed by atoms with van der Waals surface area (Å²) in [5.41, 5.74) is 3.70. The van der Waals surface area contributed by atoms with E-state index in [-0.39, 0.29) is 0 Å². The molecule has 0 aliphatic heterocycles. The average molecular weight is 376 g/mol. The third-order valence-corrected chi connectivity index (χ3v) is 4.88. The van der Waals surface area contributed by atoms with Gasteiger partial charge in [-0.2, -0.15) is 0 Å². The second-order valence-corrected chi connectivity index (χ2v) is 6.59. The number of halogens is 1. The van der Waals surface area contributed by atoms with Gasteiger partial charge < -0.3 is 10.1 Å². The maximum atomic E-state index is 6.27. The van der Waals surface area contributed by atoms with Crippen molar-refractivity contribution in [1.82, 2.24) is 9.97 Å². The second kappa shape index (κ2) is 7.25. The summed E-state index contributed by atoms with van der Waals surface area (Å²) >= 11 is 6.27. The molecule has 1 N–H and O–H groups in total. The van der Waals surface area contributed by atoms with Gasteiger partial charge in [0.15, 0.2) is 5.82 Å². The second-order valence-electron chi connectivity index (χ2n) is 6.18. The van der Waals surface area contributed by atoms with E-state index in [0.717, 1.165) is 39.3 Å². The number of nitrogens with zero attached hydrogens (tertiary/aromatic N) is 2. The third kappa shape index (κ3) is 3.44. The van der Waals surface area contributed by atoms with Gasteiger partial charge in [0.1, 0.15) is 11.6 Å². The molecule has 0 spiro atoms.